The first-order valence-electron chi connectivity index (χ1n) is 10.7. The highest BCUT2D eigenvalue weighted by Crippen LogP contribution is 2.38. The fourth-order valence-electron chi connectivity index (χ4n) is 3.65. The van der Waals surface area contributed by atoms with E-state index in [0.717, 1.165) is 48.7 Å². The van der Waals surface area contributed by atoms with E-state index >= 15 is 0 Å². The van der Waals surface area contributed by atoms with Gasteiger partial charge in [0.2, 0.25) is 5.88 Å². The number of benzene rings is 1. The second-order valence-corrected chi connectivity index (χ2v) is 8.06. The van der Waals surface area contributed by atoms with Crippen LogP contribution in [-0.4, -0.2) is 40.7 Å². The van der Waals surface area contributed by atoms with E-state index in [-0.39, 0.29) is 6.10 Å². The molecule has 0 saturated heterocycles. The van der Waals surface area contributed by atoms with Crippen molar-refractivity contribution in [3.05, 3.63) is 65.9 Å². The number of aromatic nitrogens is 3. The van der Waals surface area contributed by atoms with E-state index in [1.165, 1.54) is 18.4 Å². The van der Waals surface area contributed by atoms with Gasteiger partial charge in [-0.05, 0) is 49.6 Å². The molecular formula is C24H24N6O. The van der Waals surface area contributed by atoms with E-state index in [2.05, 4.69) is 31.7 Å². The second-order valence-electron chi connectivity index (χ2n) is 8.06. The largest absolute Gasteiger partial charge is 0.470 e. The first kappa shape index (κ1) is 19.5. The van der Waals surface area contributed by atoms with E-state index in [9.17, 15) is 0 Å². The molecule has 3 aromatic rings. The Morgan fingerprint density at radius 3 is 2.58 bits per heavy atom. The molecule has 1 fully saturated rings. The van der Waals surface area contributed by atoms with Crippen molar-refractivity contribution in [3.8, 4) is 23.1 Å². The molecule has 1 aliphatic heterocycles. The quantitative estimate of drug-likeness (QED) is 0.575. The number of hydrogen-bond acceptors (Lipinski definition) is 7. The van der Waals surface area contributed by atoms with E-state index < -0.39 is 0 Å². The Bertz CT molecular complexity index is 1090. The van der Waals surface area contributed by atoms with Crippen molar-refractivity contribution in [1.82, 2.24) is 20.3 Å². The molecule has 2 aromatic heterocycles. The number of nitrogens with zero attached hydrogens (tertiary/aromatic N) is 4. The van der Waals surface area contributed by atoms with E-state index in [0.29, 0.717) is 17.4 Å². The molecule has 2 N–H and O–H groups in total. The van der Waals surface area contributed by atoms with Crippen LogP contribution in [0.1, 0.15) is 35.7 Å². The summed E-state index contributed by atoms with van der Waals surface area (Å²) >= 11 is 0. The summed E-state index contributed by atoms with van der Waals surface area (Å²) in [5.41, 5.74) is 4.75. The first-order valence-corrected chi connectivity index (χ1v) is 10.7. The van der Waals surface area contributed by atoms with Crippen LogP contribution < -0.4 is 15.4 Å². The molecule has 0 amide bonds. The number of nitriles is 1. The molecule has 7 heteroatoms. The molecule has 3 heterocycles. The summed E-state index contributed by atoms with van der Waals surface area (Å²) < 4.78 is 6.06. The second kappa shape index (κ2) is 8.70. The van der Waals surface area contributed by atoms with Crippen molar-refractivity contribution < 1.29 is 4.74 Å². The average molecular weight is 412 g/mol. The van der Waals surface area contributed by atoms with Crippen molar-refractivity contribution >= 4 is 5.69 Å². The van der Waals surface area contributed by atoms with Crippen molar-refractivity contribution in [3.63, 3.8) is 0 Å². The van der Waals surface area contributed by atoms with Crippen LogP contribution in [0.3, 0.4) is 0 Å². The van der Waals surface area contributed by atoms with Gasteiger partial charge in [-0.2, -0.15) is 5.26 Å². The minimum absolute atomic E-state index is 0.0213. The van der Waals surface area contributed by atoms with Crippen LogP contribution in [0, 0.1) is 11.3 Å². The van der Waals surface area contributed by atoms with Crippen LogP contribution >= 0.6 is 0 Å². The lowest BCUT2D eigenvalue weighted by molar-refractivity contribution is 0.194. The number of pyridine rings is 1. The zero-order valence-corrected chi connectivity index (χ0v) is 17.2. The SMILES string of the molecule is N#Cc1ccc(CCNCC2CNc3cc(-c4cnc(C5CC5)nc4)cnc3O2)cc1. The predicted octanol–water partition coefficient (Wildman–Crippen LogP) is 3.29. The molecule has 7 nitrogen and oxygen atoms in total. The highest BCUT2D eigenvalue weighted by molar-refractivity contribution is 5.69. The standard InChI is InChI=1S/C24H24N6O/c25-10-17-3-1-16(2-4-17)7-8-26-14-21-15-27-22-9-19(11-30-24(22)31-21)20-12-28-23(29-13-20)18-5-6-18/h1-4,9,11-13,18,21,26-27H,5-8,14-15H2. The number of nitrogens with one attached hydrogen (secondary N) is 2. The maximum atomic E-state index is 8.87. The van der Waals surface area contributed by atoms with Gasteiger partial charge in [-0.3, -0.25) is 0 Å². The molecule has 0 bridgehead atoms. The molecule has 1 unspecified atom stereocenters. The van der Waals surface area contributed by atoms with Gasteiger partial charge in [-0.25, -0.2) is 15.0 Å². The average Bonchev–Trinajstić information content (AvgIpc) is 3.68. The van der Waals surface area contributed by atoms with Crippen LogP contribution in [0.25, 0.3) is 11.1 Å². The Hall–Kier alpha value is -3.50. The number of ether oxygens (including phenoxy) is 1. The fourth-order valence-corrected chi connectivity index (χ4v) is 3.65. The van der Waals surface area contributed by atoms with Gasteiger partial charge < -0.3 is 15.4 Å². The highest BCUT2D eigenvalue weighted by Gasteiger charge is 2.26. The molecule has 0 radical (unpaired) electrons. The third-order valence-corrected chi connectivity index (χ3v) is 5.64. The Morgan fingerprint density at radius 2 is 1.84 bits per heavy atom. The first-order chi connectivity index (χ1) is 15.3. The van der Waals surface area contributed by atoms with Gasteiger partial charge in [-0.15, -0.1) is 0 Å². The Labute approximate surface area is 181 Å². The molecule has 156 valence electrons. The Morgan fingerprint density at radius 1 is 1.06 bits per heavy atom. The maximum Gasteiger partial charge on any atom is 0.237 e. The lowest BCUT2D eigenvalue weighted by atomic mass is 10.1. The third-order valence-electron chi connectivity index (χ3n) is 5.64. The topological polar surface area (TPSA) is 95.8 Å². The molecule has 1 atom stereocenters. The lowest BCUT2D eigenvalue weighted by Gasteiger charge is -2.27. The molecule has 1 saturated carbocycles. The van der Waals surface area contributed by atoms with Crippen molar-refractivity contribution in [1.29, 1.82) is 5.26 Å². The van der Waals surface area contributed by atoms with E-state index in [4.69, 9.17) is 10.00 Å². The van der Waals surface area contributed by atoms with Gasteiger partial charge >= 0.3 is 0 Å². The monoisotopic (exact) mass is 412 g/mol. The number of rotatable bonds is 7. The van der Waals surface area contributed by atoms with Crippen LogP contribution in [0.4, 0.5) is 5.69 Å². The fraction of sp³-hybridized carbons (Fsp3) is 0.333. The maximum absolute atomic E-state index is 8.87. The minimum atomic E-state index is 0.0213. The Kier molecular flexibility index (Phi) is 5.46. The van der Waals surface area contributed by atoms with Gasteiger partial charge in [0.15, 0.2) is 0 Å². The van der Waals surface area contributed by atoms with E-state index in [1.54, 1.807) is 0 Å². The zero-order valence-electron chi connectivity index (χ0n) is 17.2. The molecule has 5 rings (SSSR count). The lowest BCUT2D eigenvalue weighted by Crippen LogP contribution is -2.40. The van der Waals surface area contributed by atoms with Gasteiger partial charge in [0.25, 0.3) is 0 Å². The summed E-state index contributed by atoms with van der Waals surface area (Å²) in [6.07, 6.45) is 8.91. The molecule has 1 aliphatic carbocycles. The van der Waals surface area contributed by atoms with Crippen LogP contribution in [0.2, 0.25) is 0 Å². The van der Waals surface area contributed by atoms with Gasteiger partial charge in [0, 0.05) is 42.2 Å². The van der Waals surface area contributed by atoms with Crippen LogP contribution in [-0.2, 0) is 6.42 Å². The highest BCUT2D eigenvalue weighted by atomic mass is 16.5. The summed E-state index contributed by atoms with van der Waals surface area (Å²) in [4.78, 5) is 13.5. The number of hydrogen-bond donors (Lipinski definition) is 2. The van der Waals surface area contributed by atoms with Crippen molar-refractivity contribution in [2.45, 2.75) is 31.3 Å². The zero-order chi connectivity index (χ0) is 21.0. The summed E-state index contributed by atoms with van der Waals surface area (Å²) in [6, 6.07) is 11.9. The summed E-state index contributed by atoms with van der Waals surface area (Å²) in [7, 11) is 0. The number of anilines is 1. The van der Waals surface area contributed by atoms with Crippen LogP contribution in [0.5, 0.6) is 5.88 Å². The van der Waals surface area contributed by atoms with Gasteiger partial charge in [-0.1, -0.05) is 12.1 Å². The summed E-state index contributed by atoms with van der Waals surface area (Å²) in [5, 5.41) is 15.7. The van der Waals surface area contributed by atoms with E-state index in [1.807, 2.05) is 48.9 Å². The van der Waals surface area contributed by atoms with Crippen LogP contribution in [0.15, 0.2) is 48.9 Å². The molecular weight excluding hydrogens is 388 g/mol. The summed E-state index contributed by atoms with van der Waals surface area (Å²) in [5.74, 6) is 2.13. The molecule has 2 aliphatic rings. The molecule has 31 heavy (non-hydrogen) atoms. The summed E-state index contributed by atoms with van der Waals surface area (Å²) in [6.45, 7) is 2.31. The third kappa shape index (κ3) is 4.65. The Balaban J connectivity index is 1.13. The molecule has 1 aromatic carbocycles. The molecule has 0 spiro atoms. The van der Waals surface area contributed by atoms with Crippen molar-refractivity contribution in [2.75, 3.05) is 25.0 Å². The smallest absolute Gasteiger partial charge is 0.237 e. The minimum Gasteiger partial charge on any atom is -0.470 e. The number of fused-ring (bicyclic) bond motifs is 1. The predicted molar refractivity (Wildman–Crippen MR) is 118 cm³/mol. The normalized spacial score (nSPS) is 17.2. The van der Waals surface area contributed by atoms with Crippen molar-refractivity contribution in [2.24, 2.45) is 0 Å². The van der Waals surface area contributed by atoms with Gasteiger partial charge in [0.1, 0.15) is 11.9 Å². The van der Waals surface area contributed by atoms with Gasteiger partial charge in [0.05, 0.1) is 23.9 Å².